The van der Waals surface area contributed by atoms with Crippen molar-refractivity contribution in [2.45, 2.75) is 26.4 Å². The average Bonchev–Trinajstić information content (AvgIpc) is 3.20. The maximum absolute atomic E-state index is 13.0. The molecule has 6 nitrogen and oxygen atoms in total. The molecule has 1 aliphatic heterocycles. The van der Waals surface area contributed by atoms with E-state index in [1.165, 1.54) is 6.26 Å². The van der Waals surface area contributed by atoms with E-state index in [1.54, 1.807) is 17.0 Å². The molecule has 6 heteroatoms. The van der Waals surface area contributed by atoms with Gasteiger partial charge in [-0.15, -0.1) is 0 Å². The molecular weight excluding hydrogens is 330 g/mol. The number of amides is 3. The molecule has 1 aliphatic rings. The smallest absolute Gasteiger partial charge is 0.320 e. The van der Waals surface area contributed by atoms with E-state index in [2.05, 4.69) is 0 Å². The van der Waals surface area contributed by atoms with Crippen LogP contribution < -0.4 is 0 Å². The normalized spacial score (nSPS) is 14.6. The van der Waals surface area contributed by atoms with Crippen LogP contribution in [0.4, 0.5) is 4.79 Å². The quantitative estimate of drug-likeness (QED) is 0.847. The number of carbonyl (C=O) groups is 2. The second-order valence-electron chi connectivity index (χ2n) is 6.75. The van der Waals surface area contributed by atoms with Crippen molar-refractivity contribution in [2.75, 3.05) is 26.2 Å². The summed E-state index contributed by atoms with van der Waals surface area (Å²) in [5, 5.41) is 0. The first-order valence-corrected chi connectivity index (χ1v) is 8.98. The fraction of sp³-hybridized carbons (Fsp3) is 0.400. The highest BCUT2D eigenvalue weighted by atomic mass is 16.3. The minimum Gasteiger partial charge on any atom is -0.459 e. The van der Waals surface area contributed by atoms with Gasteiger partial charge >= 0.3 is 6.03 Å². The fourth-order valence-electron chi connectivity index (χ4n) is 3.09. The van der Waals surface area contributed by atoms with Crippen molar-refractivity contribution < 1.29 is 14.0 Å². The topological polar surface area (TPSA) is 57.0 Å². The maximum atomic E-state index is 13.0. The molecule has 2 heterocycles. The van der Waals surface area contributed by atoms with Gasteiger partial charge in [-0.3, -0.25) is 4.79 Å². The van der Waals surface area contributed by atoms with Crippen LogP contribution in [-0.2, 0) is 6.54 Å². The van der Waals surface area contributed by atoms with Gasteiger partial charge in [-0.05, 0) is 31.5 Å². The van der Waals surface area contributed by atoms with E-state index >= 15 is 0 Å². The van der Waals surface area contributed by atoms with Gasteiger partial charge in [0.15, 0.2) is 5.76 Å². The second-order valence-corrected chi connectivity index (χ2v) is 6.75. The Morgan fingerprint density at radius 2 is 1.65 bits per heavy atom. The molecule has 1 aromatic carbocycles. The van der Waals surface area contributed by atoms with Gasteiger partial charge in [0.05, 0.1) is 6.26 Å². The van der Waals surface area contributed by atoms with E-state index in [0.717, 1.165) is 5.56 Å². The van der Waals surface area contributed by atoms with Crippen molar-refractivity contribution in [2.24, 2.45) is 0 Å². The van der Waals surface area contributed by atoms with E-state index in [0.29, 0.717) is 38.5 Å². The Morgan fingerprint density at radius 1 is 1.00 bits per heavy atom. The van der Waals surface area contributed by atoms with E-state index in [4.69, 9.17) is 4.42 Å². The first kappa shape index (κ1) is 18.0. The summed E-state index contributed by atoms with van der Waals surface area (Å²) in [7, 11) is 0. The van der Waals surface area contributed by atoms with Crippen molar-refractivity contribution in [3.05, 3.63) is 60.1 Å². The van der Waals surface area contributed by atoms with Crippen LogP contribution in [0.2, 0.25) is 0 Å². The molecule has 3 rings (SSSR count). The van der Waals surface area contributed by atoms with Gasteiger partial charge in [-0.2, -0.15) is 0 Å². The van der Waals surface area contributed by atoms with Crippen LogP contribution in [0.25, 0.3) is 0 Å². The molecule has 0 aliphatic carbocycles. The zero-order valence-electron chi connectivity index (χ0n) is 15.3. The third-order valence-corrected chi connectivity index (χ3v) is 4.63. The zero-order valence-corrected chi connectivity index (χ0v) is 15.3. The Kier molecular flexibility index (Phi) is 5.61. The molecule has 138 valence electrons. The molecule has 1 saturated heterocycles. The highest BCUT2D eigenvalue weighted by Crippen LogP contribution is 2.15. The Morgan fingerprint density at radius 3 is 2.23 bits per heavy atom. The molecule has 0 bridgehead atoms. The number of hydrogen-bond donors (Lipinski definition) is 0. The first-order chi connectivity index (χ1) is 12.6. The Labute approximate surface area is 154 Å². The Bertz CT molecular complexity index is 720. The van der Waals surface area contributed by atoms with Crippen LogP contribution in [0, 0.1) is 0 Å². The number of rotatable bonds is 4. The van der Waals surface area contributed by atoms with Crippen molar-refractivity contribution in [3.63, 3.8) is 0 Å². The lowest BCUT2D eigenvalue weighted by Gasteiger charge is -2.38. The van der Waals surface area contributed by atoms with Crippen molar-refractivity contribution in [3.8, 4) is 0 Å². The maximum Gasteiger partial charge on any atom is 0.320 e. The Hall–Kier alpha value is -2.76. The summed E-state index contributed by atoms with van der Waals surface area (Å²) in [6, 6.07) is 13.5. The zero-order chi connectivity index (χ0) is 18.5. The lowest BCUT2D eigenvalue weighted by molar-refractivity contribution is 0.0597. The number of nitrogens with zero attached hydrogens (tertiary/aromatic N) is 3. The summed E-state index contributed by atoms with van der Waals surface area (Å²) < 4.78 is 5.18. The molecule has 1 fully saturated rings. The van der Waals surface area contributed by atoms with Crippen molar-refractivity contribution in [1.82, 2.24) is 14.7 Å². The van der Waals surface area contributed by atoms with Gasteiger partial charge in [0.25, 0.3) is 5.91 Å². The minimum absolute atomic E-state index is 0.0222. The first-order valence-electron chi connectivity index (χ1n) is 8.98. The number of hydrogen-bond acceptors (Lipinski definition) is 3. The van der Waals surface area contributed by atoms with Crippen LogP contribution in [0.3, 0.4) is 0 Å². The molecule has 0 radical (unpaired) electrons. The largest absolute Gasteiger partial charge is 0.459 e. The molecular formula is C20H25N3O3. The summed E-state index contributed by atoms with van der Waals surface area (Å²) in [6.07, 6.45) is 1.50. The van der Waals surface area contributed by atoms with E-state index < -0.39 is 0 Å². The van der Waals surface area contributed by atoms with Crippen LogP contribution in [0.15, 0.2) is 53.1 Å². The summed E-state index contributed by atoms with van der Waals surface area (Å²) in [4.78, 5) is 30.8. The number of carbonyl (C=O) groups excluding carboxylic acids is 2. The minimum atomic E-state index is -0.118. The fourth-order valence-corrected chi connectivity index (χ4v) is 3.09. The lowest BCUT2D eigenvalue weighted by Crippen LogP contribution is -2.55. The predicted octanol–water partition coefficient (Wildman–Crippen LogP) is 3.07. The van der Waals surface area contributed by atoms with E-state index in [1.807, 2.05) is 54.0 Å². The lowest BCUT2D eigenvalue weighted by atomic mass is 10.2. The van der Waals surface area contributed by atoms with Gasteiger partial charge in [-0.25, -0.2) is 4.79 Å². The number of urea groups is 1. The van der Waals surface area contributed by atoms with Gasteiger partial charge in [0.1, 0.15) is 0 Å². The van der Waals surface area contributed by atoms with Gasteiger partial charge in [-0.1, -0.05) is 30.3 Å². The molecule has 1 aromatic heterocycles. The highest BCUT2D eigenvalue weighted by Gasteiger charge is 2.29. The van der Waals surface area contributed by atoms with Crippen LogP contribution in [0.1, 0.15) is 30.0 Å². The van der Waals surface area contributed by atoms with Gasteiger partial charge in [0.2, 0.25) is 0 Å². The number of furan rings is 1. The summed E-state index contributed by atoms with van der Waals surface area (Å²) >= 11 is 0. The molecule has 0 atom stereocenters. The van der Waals surface area contributed by atoms with Gasteiger partial charge in [0, 0.05) is 38.8 Å². The van der Waals surface area contributed by atoms with E-state index in [-0.39, 0.29) is 18.0 Å². The van der Waals surface area contributed by atoms with E-state index in [9.17, 15) is 9.59 Å². The van der Waals surface area contributed by atoms with Crippen LogP contribution in [-0.4, -0.2) is 58.9 Å². The summed E-state index contributed by atoms with van der Waals surface area (Å²) in [5.74, 6) is 0.227. The summed E-state index contributed by atoms with van der Waals surface area (Å²) in [6.45, 7) is 6.73. The Balaban J connectivity index is 1.60. The van der Waals surface area contributed by atoms with Crippen molar-refractivity contribution >= 4 is 11.9 Å². The summed E-state index contributed by atoms with van der Waals surface area (Å²) in [5.41, 5.74) is 1.11. The molecule has 2 aromatic rings. The van der Waals surface area contributed by atoms with Crippen LogP contribution in [0.5, 0.6) is 0 Å². The molecule has 0 spiro atoms. The SMILES string of the molecule is CC(C)N(Cc1ccccc1)C(=O)N1CCN(C(=O)c2ccco2)CC1. The average molecular weight is 355 g/mol. The third-order valence-electron chi connectivity index (χ3n) is 4.63. The molecule has 26 heavy (non-hydrogen) atoms. The predicted molar refractivity (Wildman–Crippen MR) is 98.7 cm³/mol. The van der Waals surface area contributed by atoms with Crippen LogP contribution >= 0.6 is 0 Å². The number of benzene rings is 1. The molecule has 0 unspecified atom stereocenters. The molecule has 3 amide bonds. The van der Waals surface area contributed by atoms with Crippen molar-refractivity contribution in [1.29, 1.82) is 0 Å². The number of piperazine rings is 1. The monoisotopic (exact) mass is 355 g/mol. The molecule has 0 saturated carbocycles. The second kappa shape index (κ2) is 8.08. The third kappa shape index (κ3) is 4.07. The highest BCUT2D eigenvalue weighted by molar-refractivity contribution is 5.91. The van der Waals surface area contributed by atoms with Gasteiger partial charge < -0.3 is 19.1 Å². The standard InChI is InChI=1S/C20H25N3O3/c1-16(2)23(15-17-7-4-3-5-8-17)20(25)22-12-10-21(11-13-22)19(24)18-9-6-14-26-18/h3-9,14,16H,10-13,15H2,1-2H3. The molecule has 0 N–H and O–H groups in total.